The summed E-state index contributed by atoms with van der Waals surface area (Å²) in [6.07, 6.45) is 2.64. The molecule has 5 nitrogen and oxygen atoms in total. The Bertz CT molecular complexity index is 833. The van der Waals surface area contributed by atoms with E-state index in [9.17, 15) is 14.0 Å². The molecule has 136 valence electrons. The lowest BCUT2D eigenvalue weighted by atomic mass is 9.96. The number of carbonyl (C=O) groups excluding carboxylic acids is 2. The van der Waals surface area contributed by atoms with Crippen LogP contribution in [0.3, 0.4) is 0 Å². The van der Waals surface area contributed by atoms with E-state index in [4.69, 9.17) is 10.5 Å². The average Bonchev–Trinajstić information content (AvgIpc) is 3.08. The van der Waals surface area contributed by atoms with Gasteiger partial charge in [-0.1, -0.05) is 28.8 Å². The molecule has 2 amide bonds. The van der Waals surface area contributed by atoms with Gasteiger partial charge in [-0.15, -0.1) is 0 Å². The van der Waals surface area contributed by atoms with Crippen molar-refractivity contribution in [1.29, 1.82) is 0 Å². The van der Waals surface area contributed by atoms with Crippen LogP contribution in [0.5, 0.6) is 11.5 Å². The van der Waals surface area contributed by atoms with Crippen LogP contribution in [0, 0.1) is 5.82 Å². The highest BCUT2D eigenvalue weighted by atomic mass is 79.9. The highest BCUT2D eigenvalue weighted by molar-refractivity contribution is 9.10. The minimum absolute atomic E-state index is 0.00866. The molecule has 0 atom stereocenters. The summed E-state index contributed by atoms with van der Waals surface area (Å²) in [7, 11) is 0. The van der Waals surface area contributed by atoms with Gasteiger partial charge in [0.25, 0.3) is 5.91 Å². The maximum Gasteiger partial charge on any atom is 0.252 e. The molecule has 2 aromatic rings. The minimum atomic E-state index is -1.04. The summed E-state index contributed by atoms with van der Waals surface area (Å²) in [5, 5.41) is 2.68. The summed E-state index contributed by atoms with van der Waals surface area (Å²) in [6.45, 7) is 0. The fraction of sp³-hybridized carbons (Fsp3) is 0.263. The van der Waals surface area contributed by atoms with E-state index >= 15 is 0 Å². The zero-order chi connectivity index (χ0) is 18.7. The Morgan fingerprint density at radius 2 is 1.77 bits per heavy atom. The van der Waals surface area contributed by atoms with Gasteiger partial charge in [0.05, 0.1) is 0 Å². The van der Waals surface area contributed by atoms with Crippen molar-refractivity contribution in [2.45, 2.75) is 31.2 Å². The number of rotatable bonds is 5. The van der Waals surface area contributed by atoms with E-state index in [0.29, 0.717) is 18.6 Å². The zero-order valence-corrected chi connectivity index (χ0v) is 15.5. The molecule has 2 aromatic carbocycles. The largest absolute Gasteiger partial charge is 0.454 e. The first-order valence-electron chi connectivity index (χ1n) is 8.25. The first-order valence-corrected chi connectivity index (χ1v) is 9.04. The molecule has 0 radical (unpaired) electrons. The van der Waals surface area contributed by atoms with E-state index in [1.54, 1.807) is 24.3 Å². The van der Waals surface area contributed by atoms with E-state index in [2.05, 4.69) is 21.2 Å². The van der Waals surface area contributed by atoms with Crippen LogP contribution < -0.4 is 15.8 Å². The van der Waals surface area contributed by atoms with Gasteiger partial charge in [-0.25, -0.2) is 4.39 Å². The topological polar surface area (TPSA) is 81.4 Å². The van der Waals surface area contributed by atoms with E-state index in [0.717, 1.165) is 23.4 Å². The second-order valence-electron chi connectivity index (χ2n) is 6.31. The molecule has 3 N–H and O–H groups in total. The molecule has 0 aliphatic heterocycles. The first-order chi connectivity index (χ1) is 12.4. The molecule has 0 unspecified atom stereocenters. The number of hydrogen-bond acceptors (Lipinski definition) is 3. The van der Waals surface area contributed by atoms with E-state index in [1.165, 1.54) is 12.1 Å². The number of nitrogens with two attached hydrogens (primary N) is 1. The number of ether oxygens (including phenoxy) is 1. The smallest absolute Gasteiger partial charge is 0.252 e. The average molecular weight is 421 g/mol. The van der Waals surface area contributed by atoms with Gasteiger partial charge in [0.2, 0.25) is 5.91 Å². The minimum Gasteiger partial charge on any atom is -0.454 e. The summed E-state index contributed by atoms with van der Waals surface area (Å²) < 4.78 is 20.7. The van der Waals surface area contributed by atoms with Gasteiger partial charge in [-0.2, -0.15) is 0 Å². The van der Waals surface area contributed by atoms with Gasteiger partial charge in [0.1, 0.15) is 11.3 Å². The number of hydrogen-bond donors (Lipinski definition) is 2. The highest BCUT2D eigenvalue weighted by Gasteiger charge is 2.41. The molecule has 1 fully saturated rings. The predicted molar refractivity (Wildman–Crippen MR) is 98.5 cm³/mol. The number of halogens is 2. The van der Waals surface area contributed by atoms with E-state index < -0.39 is 23.2 Å². The van der Waals surface area contributed by atoms with Crippen molar-refractivity contribution >= 4 is 27.7 Å². The zero-order valence-electron chi connectivity index (χ0n) is 13.9. The maximum absolute atomic E-state index is 14.3. The standard InChI is InChI=1S/C19H18BrFN2O3/c20-13-4-6-14(7-5-13)26-16-8-3-12(11-15(16)21)17(24)23-19(18(22)25)9-1-2-10-19/h3-8,11H,1-2,9-10H2,(H2,22,25)(H,23,24). The summed E-state index contributed by atoms with van der Waals surface area (Å²) in [4.78, 5) is 24.2. The number of benzene rings is 2. The Balaban J connectivity index is 1.75. The monoisotopic (exact) mass is 420 g/mol. The van der Waals surface area contributed by atoms with E-state index in [1.807, 2.05) is 0 Å². The third kappa shape index (κ3) is 3.88. The molecule has 1 saturated carbocycles. The van der Waals surface area contributed by atoms with Crippen LogP contribution in [0.1, 0.15) is 36.0 Å². The molecule has 3 rings (SSSR count). The molecular formula is C19H18BrFN2O3. The van der Waals surface area contributed by atoms with Crippen molar-refractivity contribution in [3.8, 4) is 11.5 Å². The Kier molecular flexibility index (Phi) is 5.27. The highest BCUT2D eigenvalue weighted by Crippen LogP contribution is 2.30. The lowest BCUT2D eigenvalue weighted by Crippen LogP contribution is -2.55. The summed E-state index contributed by atoms with van der Waals surface area (Å²) in [5.74, 6) is -1.27. The molecule has 7 heteroatoms. The van der Waals surface area contributed by atoms with Crippen molar-refractivity contribution in [2.24, 2.45) is 5.73 Å². The lowest BCUT2D eigenvalue weighted by Gasteiger charge is -2.26. The SMILES string of the molecule is NC(=O)C1(NC(=O)c2ccc(Oc3ccc(Br)cc3)c(F)c2)CCCC1. The maximum atomic E-state index is 14.3. The first kappa shape index (κ1) is 18.4. The number of carbonyl (C=O) groups is 2. The fourth-order valence-corrected chi connectivity index (χ4v) is 3.32. The number of nitrogens with one attached hydrogen (secondary N) is 1. The summed E-state index contributed by atoms with van der Waals surface area (Å²) in [6, 6.07) is 10.9. The molecule has 1 aliphatic rings. The molecule has 0 saturated heterocycles. The van der Waals surface area contributed by atoms with Crippen molar-refractivity contribution in [3.63, 3.8) is 0 Å². The fourth-order valence-electron chi connectivity index (χ4n) is 3.06. The number of amides is 2. The van der Waals surface area contributed by atoms with Gasteiger partial charge < -0.3 is 15.8 Å². The van der Waals surface area contributed by atoms with Crippen LogP contribution >= 0.6 is 15.9 Å². The van der Waals surface area contributed by atoms with Crippen molar-refractivity contribution in [2.75, 3.05) is 0 Å². The van der Waals surface area contributed by atoms with Gasteiger partial charge in [-0.3, -0.25) is 9.59 Å². The third-order valence-corrected chi connectivity index (χ3v) is 5.05. The van der Waals surface area contributed by atoms with Crippen LogP contribution in [-0.4, -0.2) is 17.4 Å². The molecule has 1 aliphatic carbocycles. The quantitative estimate of drug-likeness (QED) is 0.768. The van der Waals surface area contributed by atoms with Gasteiger partial charge in [0, 0.05) is 10.0 Å². The third-order valence-electron chi connectivity index (χ3n) is 4.52. The molecule has 0 heterocycles. The van der Waals surface area contributed by atoms with Gasteiger partial charge in [0.15, 0.2) is 11.6 Å². The van der Waals surface area contributed by atoms with E-state index in [-0.39, 0.29) is 11.3 Å². The lowest BCUT2D eigenvalue weighted by molar-refractivity contribution is -0.123. The Labute approximate surface area is 158 Å². The Hall–Kier alpha value is -2.41. The van der Waals surface area contributed by atoms with Gasteiger partial charge in [-0.05, 0) is 55.3 Å². The predicted octanol–water partition coefficient (Wildman–Crippen LogP) is 3.91. The molecule has 0 spiro atoms. The molecule has 26 heavy (non-hydrogen) atoms. The second-order valence-corrected chi connectivity index (χ2v) is 7.22. The summed E-state index contributed by atoms with van der Waals surface area (Å²) >= 11 is 3.31. The van der Waals surface area contributed by atoms with Crippen LogP contribution in [-0.2, 0) is 4.79 Å². The van der Waals surface area contributed by atoms with Crippen LogP contribution in [0.25, 0.3) is 0 Å². The second kappa shape index (κ2) is 7.45. The van der Waals surface area contributed by atoms with Crippen LogP contribution in [0.2, 0.25) is 0 Å². The normalized spacial score (nSPS) is 15.5. The van der Waals surface area contributed by atoms with Crippen LogP contribution in [0.15, 0.2) is 46.9 Å². The molecule has 0 aromatic heterocycles. The Morgan fingerprint density at radius 1 is 1.12 bits per heavy atom. The van der Waals surface area contributed by atoms with Crippen LogP contribution in [0.4, 0.5) is 4.39 Å². The van der Waals surface area contributed by atoms with Gasteiger partial charge >= 0.3 is 0 Å². The van der Waals surface area contributed by atoms with Crippen molar-refractivity contribution < 1.29 is 18.7 Å². The summed E-state index contributed by atoms with van der Waals surface area (Å²) in [5.41, 5.74) is 4.53. The molecular weight excluding hydrogens is 403 g/mol. The van der Waals surface area contributed by atoms with Crippen molar-refractivity contribution in [3.05, 3.63) is 58.3 Å². The van der Waals surface area contributed by atoms with Crippen molar-refractivity contribution in [1.82, 2.24) is 5.32 Å². The Morgan fingerprint density at radius 3 is 2.35 bits per heavy atom. The number of primary amides is 1. The molecule has 0 bridgehead atoms.